The van der Waals surface area contributed by atoms with Crippen molar-refractivity contribution in [3.63, 3.8) is 0 Å². The lowest BCUT2D eigenvalue weighted by atomic mass is 10.2. The Bertz CT molecular complexity index is 1190. The van der Waals surface area contributed by atoms with E-state index in [-0.39, 0.29) is 5.91 Å². The fourth-order valence-corrected chi connectivity index (χ4v) is 4.98. The first kappa shape index (κ1) is 19.3. The first-order valence-electron chi connectivity index (χ1n) is 8.49. The number of benzene rings is 2. The Morgan fingerprint density at radius 3 is 2.76 bits per heavy atom. The number of fused-ring (bicyclic) bond motifs is 1. The minimum atomic E-state index is -0.274. The summed E-state index contributed by atoms with van der Waals surface area (Å²) in [4.78, 5) is 16.6. The van der Waals surface area contributed by atoms with E-state index in [0.29, 0.717) is 16.4 Å². The molecular formula is C20H13N5OS3. The van der Waals surface area contributed by atoms with Crippen molar-refractivity contribution in [3.05, 3.63) is 70.7 Å². The Labute approximate surface area is 178 Å². The molecule has 2 heterocycles. The van der Waals surface area contributed by atoms with Gasteiger partial charge in [0, 0.05) is 11.8 Å². The fraction of sp³-hybridized carbons (Fsp3) is 0.0500. The minimum Gasteiger partial charge on any atom is -0.297 e. The first-order chi connectivity index (χ1) is 14.2. The molecule has 0 saturated heterocycles. The number of carbonyl (C=O) groups is 1. The molecule has 2 aromatic carbocycles. The zero-order chi connectivity index (χ0) is 20.1. The number of rotatable bonds is 6. The molecule has 4 aromatic rings. The Morgan fingerprint density at radius 2 is 1.97 bits per heavy atom. The number of hydrogen-bond donors (Lipinski definition) is 1. The van der Waals surface area contributed by atoms with E-state index in [0.717, 1.165) is 25.1 Å². The topological polar surface area (TPSA) is 91.6 Å². The van der Waals surface area contributed by atoms with Gasteiger partial charge in [-0.1, -0.05) is 47.4 Å². The predicted octanol–water partition coefficient (Wildman–Crippen LogP) is 4.96. The molecule has 0 atom stereocenters. The Hall–Kier alpha value is -3.06. The summed E-state index contributed by atoms with van der Waals surface area (Å²) in [6.07, 6.45) is 3.14. The third-order valence-corrected chi connectivity index (χ3v) is 6.81. The number of nitriles is 1. The maximum absolute atomic E-state index is 12.1. The van der Waals surface area contributed by atoms with E-state index < -0.39 is 0 Å². The van der Waals surface area contributed by atoms with Crippen LogP contribution in [-0.4, -0.2) is 21.1 Å². The average molecular weight is 436 g/mol. The molecule has 9 heteroatoms. The van der Waals surface area contributed by atoms with Crippen molar-refractivity contribution in [2.45, 2.75) is 10.1 Å². The molecule has 0 aliphatic rings. The second-order valence-electron chi connectivity index (χ2n) is 5.81. The molecule has 0 unspecified atom stereocenters. The SMILES string of the molecule is N#Cc1ccc(CSc2nnc(NC(=O)/C=C/c3nc4ccccc4s3)s2)cc1. The number of carbonyl (C=O) groups excluding carboxylic acids is 1. The van der Waals surface area contributed by atoms with Crippen molar-refractivity contribution < 1.29 is 4.79 Å². The third-order valence-electron chi connectivity index (χ3n) is 3.77. The van der Waals surface area contributed by atoms with E-state index in [4.69, 9.17) is 5.26 Å². The van der Waals surface area contributed by atoms with Crippen LogP contribution < -0.4 is 5.32 Å². The molecule has 0 bridgehead atoms. The summed E-state index contributed by atoms with van der Waals surface area (Å²) in [5.41, 5.74) is 2.65. The quantitative estimate of drug-likeness (QED) is 0.261. The number of thioether (sulfide) groups is 1. The number of anilines is 1. The smallest absolute Gasteiger partial charge is 0.250 e. The molecule has 1 N–H and O–H groups in total. The van der Waals surface area contributed by atoms with E-state index in [1.54, 1.807) is 18.2 Å². The van der Waals surface area contributed by atoms with E-state index in [9.17, 15) is 4.79 Å². The standard InChI is InChI=1S/C20H13N5OS3/c21-11-13-5-7-14(8-6-13)12-27-20-25-24-19(29-20)23-17(26)9-10-18-22-15-3-1-2-4-16(15)28-18/h1-10H,12H2,(H,23,24,26)/b10-9+. The van der Waals surface area contributed by atoms with Crippen LogP contribution in [0.15, 0.2) is 58.9 Å². The van der Waals surface area contributed by atoms with E-state index >= 15 is 0 Å². The Morgan fingerprint density at radius 1 is 1.14 bits per heavy atom. The molecule has 2 aromatic heterocycles. The number of hydrogen-bond acceptors (Lipinski definition) is 8. The van der Waals surface area contributed by atoms with Crippen LogP contribution in [0.5, 0.6) is 0 Å². The van der Waals surface area contributed by atoms with Gasteiger partial charge in [-0.2, -0.15) is 5.26 Å². The largest absolute Gasteiger partial charge is 0.297 e. The van der Waals surface area contributed by atoms with Crippen molar-refractivity contribution in [1.29, 1.82) is 5.26 Å². The lowest BCUT2D eigenvalue weighted by Crippen LogP contribution is -2.07. The van der Waals surface area contributed by atoms with Crippen LogP contribution in [0.1, 0.15) is 16.1 Å². The molecule has 1 amide bonds. The summed E-state index contributed by atoms with van der Waals surface area (Å²) in [6.45, 7) is 0. The summed E-state index contributed by atoms with van der Waals surface area (Å²) in [5, 5.41) is 20.9. The number of thiazole rings is 1. The van der Waals surface area contributed by atoms with Crippen LogP contribution in [0.2, 0.25) is 0 Å². The molecule has 0 spiro atoms. The van der Waals surface area contributed by atoms with Gasteiger partial charge in [0.15, 0.2) is 4.34 Å². The number of aromatic nitrogens is 3. The Kier molecular flexibility index (Phi) is 5.95. The molecule has 4 rings (SSSR count). The van der Waals surface area contributed by atoms with Gasteiger partial charge >= 0.3 is 0 Å². The van der Waals surface area contributed by atoms with Gasteiger partial charge in [0.2, 0.25) is 11.0 Å². The first-order valence-corrected chi connectivity index (χ1v) is 11.1. The second kappa shape index (κ2) is 8.96. The van der Waals surface area contributed by atoms with Crippen LogP contribution in [0, 0.1) is 11.3 Å². The van der Waals surface area contributed by atoms with Gasteiger partial charge < -0.3 is 0 Å². The lowest BCUT2D eigenvalue weighted by Gasteiger charge is -1.98. The normalized spacial score (nSPS) is 11.0. The molecule has 142 valence electrons. The average Bonchev–Trinajstić information content (AvgIpc) is 3.37. The van der Waals surface area contributed by atoms with Gasteiger partial charge in [-0.05, 0) is 35.9 Å². The van der Waals surface area contributed by atoms with Crippen molar-refractivity contribution in [3.8, 4) is 6.07 Å². The molecule has 29 heavy (non-hydrogen) atoms. The number of amides is 1. The van der Waals surface area contributed by atoms with Gasteiger partial charge in [-0.3, -0.25) is 10.1 Å². The van der Waals surface area contributed by atoms with Crippen LogP contribution in [0.25, 0.3) is 16.3 Å². The minimum absolute atomic E-state index is 0.274. The van der Waals surface area contributed by atoms with Gasteiger partial charge in [-0.25, -0.2) is 4.98 Å². The highest BCUT2D eigenvalue weighted by Crippen LogP contribution is 2.28. The van der Waals surface area contributed by atoms with Gasteiger partial charge in [0.05, 0.1) is 21.8 Å². The predicted molar refractivity (Wildman–Crippen MR) is 118 cm³/mol. The van der Waals surface area contributed by atoms with Gasteiger partial charge in [-0.15, -0.1) is 21.5 Å². The maximum Gasteiger partial charge on any atom is 0.250 e. The molecule has 0 aliphatic carbocycles. The Balaban J connectivity index is 1.32. The molecule has 6 nitrogen and oxygen atoms in total. The number of nitrogens with one attached hydrogen (secondary N) is 1. The molecule has 0 radical (unpaired) electrons. The summed E-state index contributed by atoms with van der Waals surface area (Å²) >= 11 is 4.39. The zero-order valence-electron chi connectivity index (χ0n) is 14.9. The highest BCUT2D eigenvalue weighted by atomic mass is 32.2. The number of para-hydroxylation sites is 1. The third kappa shape index (κ3) is 5.06. The molecule has 0 aliphatic heterocycles. The van der Waals surface area contributed by atoms with Gasteiger partial charge in [0.25, 0.3) is 0 Å². The van der Waals surface area contributed by atoms with Crippen molar-refractivity contribution in [1.82, 2.24) is 15.2 Å². The van der Waals surface area contributed by atoms with E-state index in [2.05, 4.69) is 26.6 Å². The summed E-state index contributed by atoms with van der Waals surface area (Å²) < 4.78 is 1.85. The highest BCUT2D eigenvalue weighted by Gasteiger charge is 2.08. The van der Waals surface area contributed by atoms with E-state index in [1.807, 2.05) is 36.4 Å². The van der Waals surface area contributed by atoms with E-state index in [1.165, 1.54) is 40.5 Å². The van der Waals surface area contributed by atoms with Crippen molar-refractivity contribution in [2.75, 3.05) is 5.32 Å². The lowest BCUT2D eigenvalue weighted by molar-refractivity contribution is -0.111. The second-order valence-corrected chi connectivity index (χ2v) is 9.08. The monoisotopic (exact) mass is 435 g/mol. The van der Waals surface area contributed by atoms with Crippen molar-refractivity contribution in [2.24, 2.45) is 0 Å². The van der Waals surface area contributed by atoms with Crippen LogP contribution >= 0.6 is 34.4 Å². The highest BCUT2D eigenvalue weighted by molar-refractivity contribution is 8.00. The van der Waals surface area contributed by atoms with Crippen LogP contribution in [0.4, 0.5) is 5.13 Å². The summed E-state index contributed by atoms with van der Waals surface area (Å²) in [5.74, 6) is 0.440. The van der Waals surface area contributed by atoms with Gasteiger partial charge in [0.1, 0.15) is 5.01 Å². The number of nitrogens with zero attached hydrogens (tertiary/aromatic N) is 4. The van der Waals surface area contributed by atoms with Crippen molar-refractivity contribution >= 4 is 61.8 Å². The zero-order valence-corrected chi connectivity index (χ0v) is 17.4. The maximum atomic E-state index is 12.1. The van der Waals surface area contributed by atoms with Crippen LogP contribution in [0.3, 0.4) is 0 Å². The summed E-state index contributed by atoms with van der Waals surface area (Å²) in [7, 11) is 0. The molecule has 0 saturated carbocycles. The fourth-order valence-electron chi connectivity index (χ4n) is 2.39. The van der Waals surface area contributed by atoms with Crippen LogP contribution in [-0.2, 0) is 10.5 Å². The molecular weight excluding hydrogens is 422 g/mol. The summed E-state index contributed by atoms with van der Waals surface area (Å²) in [6, 6.07) is 17.4. The molecule has 0 fully saturated rings.